The Bertz CT molecular complexity index is 1180. The average Bonchev–Trinajstić information content (AvgIpc) is 3.26. The van der Waals surface area contributed by atoms with Gasteiger partial charge in [0, 0.05) is 17.6 Å². The second-order valence-electron chi connectivity index (χ2n) is 11.2. The molecule has 39 heavy (non-hydrogen) atoms. The number of carbonyl (C=O) groups is 4. The minimum absolute atomic E-state index is 0.157. The molecule has 0 N–H and O–H groups in total. The Kier molecular flexibility index (Phi) is 8.56. The molecule has 5 rings (SSSR count). The van der Waals surface area contributed by atoms with Crippen molar-refractivity contribution in [2.24, 2.45) is 0 Å². The summed E-state index contributed by atoms with van der Waals surface area (Å²) in [4.78, 5) is 55.5. The zero-order valence-corrected chi connectivity index (χ0v) is 22.8. The molecule has 2 amide bonds. The van der Waals surface area contributed by atoms with Gasteiger partial charge in [-0.2, -0.15) is 0 Å². The van der Waals surface area contributed by atoms with E-state index in [1.165, 1.54) is 43.4 Å². The molecule has 1 saturated heterocycles. The van der Waals surface area contributed by atoms with Crippen LogP contribution in [0.1, 0.15) is 96.9 Å². The van der Waals surface area contributed by atoms with Crippen LogP contribution in [0.15, 0.2) is 48.5 Å². The number of benzene rings is 2. The van der Waals surface area contributed by atoms with E-state index in [9.17, 15) is 19.2 Å². The molecule has 0 spiro atoms. The van der Waals surface area contributed by atoms with Crippen molar-refractivity contribution in [3.63, 3.8) is 0 Å². The van der Waals surface area contributed by atoms with Crippen LogP contribution in [0.4, 0.5) is 5.69 Å². The number of anilines is 1. The van der Waals surface area contributed by atoms with Crippen molar-refractivity contribution in [2.75, 3.05) is 11.5 Å². The summed E-state index contributed by atoms with van der Waals surface area (Å²) >= 11 is 0. The molecule has 206 valence electrons. The molecule has 0 radical (unpaired) electrons. The average molecular weight is 531 g/mol. The zero-order valence-electron chi connectivity index (χ0n) is 22.8. The molecule has 0 aromatic heterocycles. The molecule has 2 saturated carbocycles. The number of imide groups is 1. The van der Waals surface area contributed by atoms with Crippen molar-refractivity contribution < 1.29 is 23.9 Å². The maximum Gasteiger partial charge on any atom is 0.338 e. The summed E-state index contributed by atoms with van der Waals surface area (Å²) in [6.07, 6.45) is 11.8. The highest BCUT2D eigenvalue weighted by molar-refractivity contribution is 6.22. The first kappa shape index (κ1) is 27.3. The molecular weight excluding hydrogens is 492 g/mol. The first-order valence-electron chi connectivity index (χ1n) is 14.4. The van der Waals surface area contributed by atoms with Crippen LogP contribution in [0.3, 0.4) is 0 Å². The number of carbonyl (C=O) groups excluding carboxylic acids is 4. The summed E-state index contributed by atoms with van der Waals surface area (Å²) in [6, 6.07) is 13.7. The lowest BCUT2D eigenvalue weighted by molar-refractivity contribution is -0.124. The lowest BCUT2D eigenvalue weighted by Crippen LogP contribution is -2.53. The summed E-state index contributed by atoms with van der Waals surface area (Å²) < 4.78 is 5.22. The van der Waals surface area contributed by atoms with Gasteiger partial charge >= 0.3 is 5.97 Å². The van der Waals surface area contributed by atoms with Gasteiger partial charge in [-0.15, -0.1) is 0 Å². The maximum absolute atomic E-state index is 13.7. The van der Waals surface area contributed by atoms with Crippen LogP contribution in [0.5, 0.6) is 0 Å². The van der Waals surface area contributed by atoms with E-state index in [1.54, 1.807) is 36.4 Å². The number of amides is 2. The lowest BCUT2D eigenvalue weighted by atomic mass is 9.87. The van der Waals surface area contributed by atoms with Gasteiger partial charge in [0.05, 0.1) is 23.7 Å². The molecule has 7 nitrogen and oxygen atoms in total. The van der Waals surface area contributed by atoms with E-state index >= 15 is 0 Å². The standard InChI is InChI=1S/C32H38N2O5/c1-22-12-14-23(15-13-22)29(35)21-39-32(38)24-16-18-27(19-17-24)34-30(36)20-28(31(34)37)33(25-8-4-2-5-9-25)26-10-6-3-7-11-26/h12-19,25-26,28H,2-11,20-21H2,1H3. The van der Waals surface area contributed by atoms with Crippen LogP contribution in [0, 0.1) is 6.92 Å². The Morgan fingerprint density at radius 3 is 1.90 bits per heavy atom. The Labute approximate surface area is 230 Å². The van der Waals surface area contributed by atoms with Gasteiger partial charge in [-0.05, 0) is 56.9 Å². The van der Waals surface area contributed by atoms with Gasteiger partial charge in [0.2, 0.25) is 5.91 Å². The summed E-state index contributed by atoms with van der Waals surface area (Å²) in [7, 11) is 0. The van der Waals surface area contributed by atoms with Crippen LogP contribution in [0.2, 0.25) is 0 Å². The normalized spacial score (nSPS) is 21.0. The first-order chi connectivity index (χ1) is 18.9. The number of Topliss-reactive ketones (excluding diaryl/α,β-unsaturated/α-hetero) is 1. The number of rotatable bonds is 8. The molecule has 3 aliphatic rings. The Morgan fingerprint density at radius 2 is 1.33 bits per heavy atom. The molecule has 2 aromatic rings. The number of nitrogens with zero attached hydrogens (tertiary/aromatic N) is 2. The third kappa shape index (κ3) is 6.14. The molecule has 1 aliphatic heterocycles. The molecule has 2 aliphatic carbocycles. The maximum atomic E-state index is 13.7. The second-order valence-corrected chi connectivity index (χ2v) is 11.2. The van der Waals surface area contributed by atoms with E-state index < -0.39 is 12.0 Å². The summed E-state index contributed by atoms with van der Waals surface area (Å²) in [5.74, 6) is -1.25. The molecule has 0 bridgehead atoms. The van der Waals surface area contributed by atoms with Gasteiger partial charge in [-0.3, -0.25) is 19.3 Å². The number of hydrogen-bond acceptors (Lipinski definition) is 6. The molecule has 3 fully saturated rings. The molecule has 2 aromatic carbocycles. The highest BCUT2D eigenvalue weighted by Crippen LogP contribution is 2.36. The van der Waals surface area contributed by atoms with Crippen molar-refractivity contribution in [1.29, 1.82) is 0 Å². The Morgan fingerprint density at radius 1 is 0.795 bits per heavy atom. The summed E-state index contributed by atoms with van der Waals surface area (Å²) in [6.45, 7) is 1.58. The van der Waals surface area contributed by atoms with Crippen LogP contribution in [-0.4, -0.2) is 53.2 Å². The minimum Gasteiger partial charge on any atom is -0.454 e. The summed E-state index contributed by atoms with van der Waals surface area (Å²) in [5, 5.41) is 0. The van der Waals surface area contributed by atoms with Gasteiger partial charge in [-0.25, -0.2) is 9.69 Å². The van der Waals surface area contributed by atoms with Crippen molar-refractivity contribution in [3.05, 3.63) is 65.2 Å². The second kappa shape index (κ2) is 12.2. The first-order valence-corrected chi connectivity index (χ1v) is 14.4. The van der Waals surface area contributed by atoms with E-state index in [0.29, 0.717) is 23.3 Å². The largest absolute Gasteiger partial charge is 0.454 e. The highest BCUT2D eigenvalue weighted by atomic mass is 16.5. The number of hydrogen-bond donors (Lipinski definition) is 0. The van der Waals surface area contributed by atoms with E-state index in [1.807, 2.05) is 19.1 Å². The van der Waals surface area contributed by atoms with Gasteiger partial charge in [0.1, 0.15) is 0 Å². The third-order valence-electron chi connectivity index (χ3n) is 8.54. The number of ether oxygens (including phenoxy) is 1. The van der Waals surface area contributed by atoms with Gasteiger partial charge in [0.15, 0.2) is 12.4 Å². The van der Waals surface area contributed by atoms with Crippen molar-refractivity contribution in [3.8, 4) is 0 Å². The van der Waals surface area contributed by atoms with E-state index in [4.69, 9.17) is 4.74 Å². The van der Waals surface area contributed by atoms with Crippen LogP contribution in [-0.2, 0) is 14.3 Å². The molecule has 1 atom stereocenters. The van der Waals surface area contributed by atoms with Crippen molar-refractivity contribution in [2.45, 2.75) is 95.7 Å². The SMILES string of the molecule is Cc1ccc(C(=O)COC(=O)c2ccc(N3C(=O)CC(N(C4CCCCC4)C4CCCCC4)C3=O)cc2)cc1. The fraction of sp³-hybridized carbons (Fsp3) is 0.500. The smallest absolute Gasteiger partial charge is 0.338 e. The molecule has 1 unspecified atom stereocenters. The third-order valence-corrected chi connectivity index (χ3v) is 8.54. The summed E-state index contributed by atoms with van der Waals surface area (Å²) in [5.41, 5.74) is 2.25. The van der Waals surface area contributed by atoms with Gasteiger partial charge < -0.3 is 4.74 Å². The van der Waals surface area contributed by atoms with Crippen molar-refractivity contribution >= 4 is 29.3 Å². The predicted octanol–water partition coefficient (Wildman–Crippen LogP) is 5.63. The van der Waals surface area contributed by atoms with Crippen LogP contribution < -0.4 is 4.90 Å². The zero-order chi connectivity index (χ0) is 27.4. The highest BCUT2D eigenvalue weighted by Gasteiger charge is 2.47. The quantitative estimate of drug-likeness (QED) is 0.250. The van der Waals surface area contributed by atoms with Gasteiger partial charge in [-0.1, -0.05) is 68.4 Å². The fourth-order valence-electron chi connectivity index (χ4n) is 6.47. The Hall–Kier alpha value is -3.32. The number of esters is 1. The molecule has 7 heteroatoms. The van der Waals surface area contributed by atoms with Crippen LogP contribution in [0.25, 0.3) is 0 Å². The molecular formula is C32H38N2O5. The molecule has 1 heterocycles. The van der Waals surface area contributed by atoms with E-state index in [2.05, 4.69) is 4.90 Å². The van der Waals surface area contributed by atoms with Crippen molar-refractivity contribution in [1.82, 2.24) is 4.90 Å². The number of ketones is 1. The van der Waals surface area contributed by atoms with Gasteiger partial charge in [0.25, 0.3) is 5.91 Å². The van der Waals surface area contributed by atoms with E-state index in [-0.39, 0.29) is 36.2 Å². The monoisotopic (exact) mass is 530 g/mol. The number of aryl methyl sites for hydroxylation is 1. The van der Waals surface area contributed by atoms with E-state index in [0.717, 1.165) is 31.2 Å². The topological polar surface area (TPSA) is 84.0 Å². The lowest BCUT2D eigenvalue weighted by Gasteiger charge is -2.44. The predicted molar refractivity (Wildman–Crippen MR) is 149 cm³/mol. The van der Waals surface area contributed by atoms with Crippen LogP contribution >= 0.6 is 0 Å². The fourth-order valence-corrected chi connectivity index (χ4v) is 6.47. The Balaban J connectivity index is 1.25. The minimum atomic E-state index is -0.625.